The maximum Gasteiger partial charge on any atom is 0.186 e. The Bertz CT molecular complexity index is 1020. The van der Waals surface area contributed by atoms with Crippen molar-refractivity contribution < 1.29 is 39.4 Å². The van der Waals surface area contributed by atoms with Crippen LogP contribution in [0.25, 0.3) is 0 Å². The number of fused-ring (bicyclic) bond motifs is 7. The molecule has 3 saturated heterocycles. The summed E-state index contributed by atoms with van der Waals surface area (Å²) in [6.45, 7) is 10.1. The molecule has 6 fully saturated rings. The first-order valence-corrected chi connectivity index (χ1v) is 16.5. The maximum absolute atomic E-state index is 10.5. The van der Waals surface area contributed by atoms with Gasteiger partial charge in [0.15, 0.2) is 12.1 Å². The van der Waals surface area contributed by atoms with Crippen LogP contribution in [0.3, 0.4) is 0 Å². The van der Waals surface area contributed by atoms with Crippen molar-refractivity contribution in [3.05, 3.63) is 11.6 Å². The lowest BCUT2D eigenvalue weighted by atomic mass is 9.47. The Morgan fingerprint density at radius 1 is 0.976 bits per heavy atom. The number of allylic oxidation sites excluding steroid dienone is 1. The standard InChI is InChI=1S/C33H52O8/c1-17-7-12-33(38-16-17)18(2)26-24(41-33)14-23-21-6-5-19-13-20(8-10-31(19,3)22(21)9-11-32(23,26)4)39-30-29(37)28(36)27(35)25(15-34)40-30/h5,17-18,20-30,34-37H,6-16H2,1-4H3/t17-,18+,20+,21-,22+,23+,24+,25-,26?,27-,28+,29-,30-,31+,32+,33?/m1/s1. The summed E-state index contributed by atoms with van der Waals surface area (Å²) in [4.78, 5) is 0. The number of aliphatic hydroxyl groups excluding tert-OH is 4. The average Bonchev–Trinajstić information content (AvgIpc) is 3.40. The number of aliphatic hydroxyl groups is 4. The zero-order valence-corrected chi connectivity index (χ0v) is 25.3. The van der Waals surface area contributed by atoms with Crippen LogP contribution in [0.1, 0.15) is 85.5 Å². The molecule has 7 rings (SSSR count). The van der Waals surface area contributed by atoms with Crippen molar-refractivity contribution in [2.24, 2.45) is 46.3 Å². The molecule has 41 heavy (non-hydrogen) atoms. The molecule has 8 heteroatoms. The Hall–Kier alpha value is -0.580. The number of ether oxygens (including phenoxy) is 4. The van der Waals surface area contributed by atoms with Gasteiger partial charge in [-0.1, -0.05) is 39.3 Å². The highest BCUT2D eigenvalue weighted by Gasteiger charge is 2.68. The Morgan fingerprint density at radius 2 is 1.78 bits per heavy atom. The van der Waals surface area contributed by atoms with Gasteiger partial charge in [-0.25, -0.2) is 0 Å². The van der Waals surface area contributed by atoms with Crippen LogP contribution >= 0.6 is 0 Å². The number of rotatable bonds is 3. The second kappa shape index (κ2) is 10.2. The smallest absolute Gasteiger partial charge is 0.186 e. The van der Waals surface area contributed by atoms with Gasteiger partial charge in [0.05, 0.1) is 25.4 Å². The Balaban J connectivity index is 1.05. The third-order valence-corrected chi connectivity index (χ3v) is 13.5. The average molecular weight is 577 g/mol. The Kier molecular flexibility index (Phi) is 7.27. The van der Waals surface area contributed by atoms with Crippen molar-refractivity contribution >= 4 is 0 Å². The Labute approximate surface area is 244 Å². The normalized spacial score (nSPS) is 58.3. The number of hydrogen-bond donors (Lipinski definition) is 4. The molecule has 0 aromatic rings. The minimum Gasteiger partial charge on any atom is -0.394 e. The second-order valence-corrected chi connectivity index (χ2v) is 15.5. The molecule has 8 nitrogen and oxygen atoms in total. The van der Waals surface area contributed by atoms with Crippen molar-refractivity contribution in [2.45, 2.75) is 134 Å². The van der Waals surface area contributed by atoms with E-state index < -0.39 is 37.3 Å². The first-order chi connectivity index (χ1) is 19.5. The molecule has 2 unspecified atom stereocenters. The van der Waals surface area contributed by atoms with E-state index >= 15 is 0 Å². The molecule has 0 amide bonds. The maximum atomic E-state index is 10.5. The monoisotopic (exact) mass is 576 g/mol. The van der Waals surface area contributed by atoms with E-state index in [-0.39, 0.29) is 17.3 Å². The lowest BCUT2D eigenvalue weighted by Crippen LogP contribution is -2.60. The Morgan fingerprint density at radius 3 is 2.51 bits per heavy atom. The summed E-state index contributed by atoms with van der Waals surface area (Å²) in [7, 11) is 0. The third-order valence-electron chi connectivity index (χ3n) is 13.5. The van der Waals surface area contributed by atoms with Crippen LogP contribution in [0.5, 0.6) is 0 Å². The second-order valence-electron chi connectivity index (χ2n) is 15.5. The van der Waals surface area contributed by atoms with Crippen molar-refractivity contribution in [1.82, 2.24) is 0 Å². The lowest BCUT2D eigenvalue weighted by molar-refractivity contribution is -0.313. The van der Waals surface area contributed by atoms with Gasteiger partial charge in [0.2, 0.25) is 0 Å². The van der Waals surface area contributed by atoms with E-state index in [1.807, 2.05) is 0 Å². The molecule has 0 aromatic carbocycles. The third kappa shape index (κ3) is 4.29. The van der Waals surface area contributed by atoms with Crippen LogP contribution in [-0.4, -0.2) is 82.3 Å². The van der Waals surface area contributed by atoms with Crippen LogP contribution in [0.2, 0.25) is 0 Å². The highest BCUT2D eigenvalue weighted by Crippen LogP contribution is 2.70. The molecule has 3 heterocycles. The van der Waals surface area contributed by atoms with Crippen molar-refractivity contribution in [2.75, 3.05) is 13.2 Å². The fraction of sp³-hybridized carbons (Fsp3) is 0.939. The minimum atomic E-state index is -1.41. The molecule has 4 N–H and O–H groups in total. The molecule has 0 bridgehead atoms. The summed E-state index contributed by atoms with van der Waals surface area (Å²) in [6.07, 6.45) is 6.24. The SMILES string of the molecule is C[C@@H]1CCC2(OC1)O[C@H]1C[C@H]3[C@@H]4CC=C5C[C@@H](O[C@@H]6O[C@H](CO)[C@@H](O)[C@H](O)[C@H]6O)CC[C@]5(C)[C@H]4CC[C@]3(C)C1[C@@H]2C. The fourth-order valence-corrected chi connectivity index (χ4v) is 11.1. The molecule has 232 valence electrons. The van der Waals surface area contributed by atoms with Gasteiger partial charge in [-0.15, -0.1) is 0 Å². The highest BCUT2D eigenvalue weighted by molar-refractivity contribution is 5.26. The molecule has 3 saturated carbocycles. The van der Waals surface area contributed by atoms with Crippen LogP contribution in [-0.2, 0) is 18.9 Å². The van der Waals surface area contributed by atoms with E-state index in [2.05, 4.69) is 33.8 Å². The van der Waals surface area contributed by atoms with Crippen LogP contribution in [0.4, 0.5) is 0 Å². The molecule has 3 aliphatic heterocycles. The van der Waals surface area contributed by atoms with E-state index in [1.54, 1.807) is 0 Å². The zero-order chi connectivity index (χ0) is 28.9. The topological polar surface area (TPSA) is 118 Å². The largest absolute Gasteiger partial charge is 0.394 e. The summed E-state index contributed by atoms with van der Waals surface area (Å²) in [6, 6.07) is 0. The summed E-state index contributed by atoms with van der Waals surface area (Å²) >= 11 is 0. The fourth-order valence-electron chi connectivity index (χ4n) is 11.1. The van der Waals surface area contributed by atoms with E-state index in [4.69, 9.17) is 18.9 Å². The zero-order valence-electron chi connectivity index (χ0n) is 25.3. The van der Waals surface area contributed by atoms with E-state index in [9.17, 15) is 20.4 Å². The first kappa shape index (κ1) is 29.1. The quantitative estimate of drug-likeness (QED) is 0.377. The van der Waals surface area contributed by atoms with Crippen LogP contribution in [0.15, 0.2) is 11.6 Å². The predicted molar refractivity (Wildman–Crippen MR) is 150 cm³/mol. The summed E-state index contributed by atoms with van der Waals surface area (Å²) in [5.41, 5.74) is 1.91. The van der Waals surface area contributed by atoms with Gasteiger partial charge < -0.3 is 39.4 Å². The van der Waals surface area contributed by atoms with Crippen LogP contribution < -0.4 is 0 Å². The first-order valence-electron chi connectivity index (χ1n) is 16.5. The summed E-state index contributed by atoms with van der Waals surface area (Å²) in [5.74, 6) is 3.28. The van der Waals surface area contributed by atoms with Gasteiger partial charge in [0.25, 0.3) is 0 Å². The van der Waals surface area contributed by atoms with Gasteiger partial charge in [-0.05, 0) is 91.8 Å². The van der Waals surface area contributed by atoms with Crippen molar-refractivity contribution in [3.8, 4) is 0 Å². The van der Waals surface area contributed by atoms with Gasteiger partial charge >= 0.3 is 0 Å². The lowest BCUT2D eigenvalue weighted by Gasteiger charge is -2.58. The molecular weight excluding hydrogens is 524 g/mol. The predicted octanol–water partition coefficient (Wildman–Crippen LogP) is 3.54. The van der Waals surface area contributed by atoms with E-state index in [0.717, 1.165) is 45.1 Å². The van der Waals surface area contributed by atoms with E-state index in [1.165, 1.54) is 24.8 Å². The summed E-state index contributed by atoms with van der Waals surface area (Å²) < 4.78 is 25.3. The van der Waals surface area contributed by atoms with E-state index in [0.29, 0.717) is 47.0 Å². The van der Waals surface area contributed by atoms with Crippen LogP contribution in [0, 0.1) is 46.3 Å². The molecule has 0 aromatic heterocycles. The van der Waals surface area contributed by atoms with Crippen molar-refractivity contribution in [3.63, 3.8) is 0 Å². The molecular formula is C33H52O8. The molecule has 16 atom stereocenters. The van der Waals surface area contributed by atoms with Gasteiger partial charge in [-0.3, -0.25) is 0 Å². The van der Waals surface area contributed by atoms with Crippen molar-refractivity contribution in [1.29, 1.82) is 0 Å². The number of hydrogen-bond acceptors (Lipinski definition) is 8. The van der Waals surface area contributed by atoms with Gasteiger partial charge in [0.1, 0.15) is 24.4 Å². The summed E-state index contributed by atoms with van der Waals surface area (Å²) in [5, 5.41) is 40.4. The highest BCUT2D eigenvalue weighted by atomic mass is 16.7. The van der Waals surface area contributed by atoms with Gasteiger partial charge in [-0.2, -0.15) is 0 Å². The minimum absolute atomic E-state index is 0.129. The van der Waals surface area contributed by atoms with Gasteiger partial charge in [0, 0.05) is 12.3 Å². The molecule has 1 spiro atoms. The molecule has 4 aliphatic carbocycles. The molecule has 7 aliphatic rings. The molecule has 0 radical (unpaired) electrons.